The van der Waals surface area contributed by atoms with Gasteiger partial charge in [0.15, 0.2) is 0 Å². The summed E-state index contributed by atoms with van der Waals surface area (Å²) in [4.78, 5) is 0. The van der Waals surface area contributed by atoms with Crippen LogP contribution in [0, 0.1) is 5.92 Å². The van der Waals surface area contributed by atoms with E-state index in [9.17, 15) is 0 Å². The van der Waals surface area contributed by atoms with Gasteiger partial charge in [-0.05, 0) is 30.4 Å². The van der Waals surface area contributed by atoms with E-state index in [-0.39, 0.29) is 0 Å². The average Bonchev–Trinajstić information content (AvgIpc) is 2.27. The van der Waals surface area contributed by atoms with E-state index < -0.39 is 0 Å². The second kappa shape index (κ2) is 11.3. The van der Waals surface area contributed by atoms with Gasteiger partial charge < -0.3 is 0 Å². The van der Waals surface area contributed by atoms with Crippen LogP contribution in [0.2, 0.25) is 0 Å². The smallest absolute Gasteiger partial charge is 0.0194 e. The lowest BCUT2D eigenvalue weighted by molar-refractivity contribution is 0.578. The number of hydrogen-bond acceptors (Lipinski definition) is 0. The molecule has 0 spiro atoms. The molecular formula is C15H28. The van der Waals surface area contributed by atoms with Crippen LogP contribution in [0.15, 0.2) is 36.5 Å². The van der Waals surface area contributed by atoms with Crippen molar-refractivity contribution in [2.45, 2.75) is 53.9 Å². The van der Waals surface area contributed by atoms with Crippen molar-refractivity contribution < 1.29 is 0 Å². The third-order valence-electron chi connectivity index (χ3n) is 2.46. The first kappa shape index (κ1) is 16.6. The van der Waals surface area contributed by atoms with Gasteiger partial charge in [0, 0.05) is 0 Å². The SMILES string of the molecule is C=C/C=C(/C)C(=C)C(C)CCCC.CC. The molecule has 0 fully saturated rings. The molecule has 0 aliphatic rings. The minimum absolute atomic E-state index is 0.608. The Morgan fingerprint density at radius 3 is 2.27 bits per heavy atom. The summed E-state index contributed by atoms with van der Waals surface area (Å²) in [5.41, 5.74) is 2.52. The molecule has 0 aromatic heterocycles. The maximum absolute atomic E-state index is 4.11. The van der Waals surface area contributed by atoms with Gasteiger partial charge in [-0.15, -0.1) is 0 Å². The second-order valence-electron chi connectivity index (χ2n) is 3.65. The molecule has 0 nitrogen and oxygen atoms in total. The molecule has 0 saturated carbocycles. The van der Waals surface area contributed by atoms with Crippen LogP contribution in [-0.4, -0.2) is 0 Å². The van der Waals surface area contributed by atoms with E-state index in [1.807, 2.05) is 26.0 Å². The third-order valence-corrected chi connectivity index (χ3v) is 2.46. The molecule has 0 saturated heterocycles. The van der Waals surface area contributed by atoms with E-state index in [1.54, 1.807) is 0 Å². The topological polar surface area (TPSA) is 0 Å². The fourth-order valence-corrected chi connectivity index (χ4v) is 1.36. The summed E-state index contributed by atoms with van der Waals surface area (Å²) >= 11 is 0. The molecule has 0 bridgehead atoms. The summed E-state index contributed by atoms with van der Waals surface area (Å²) in [7, 11) is 0. The highest BCUT2D eigenvalue weighted by molar-refractivity contribution is 5.30. The molecule has 15 heavy (non-hydrogen) atoms. The fourth-order valence-electron chi connectivity index (χ4n) is 1.36. The van der Waals surface area contributed by atoms with Gasteiger partial charge in [0.2, 0.25) is 0 Å². The van der Waals surface area contributed by atoms with E-state index in [0.717, 1.165) is 0 Å². The maximum Gasteiger partial charge on any atom is -0.0194 e. The normalized spacial score (nSPS) is 12.5. The van der Waals surface area contributed by atoms with Crippen LogP contribution < -0.4 is 0 Å². The van der Waals surface area contributed by atoms with E-state index in [4.69, 9.17) is 0 Å². The van der Waals surface area contributed by atoms with E-state index in [0.29, 0.717) is 5.92 Å². The molecular weight excluding hydrogens is 180 g/mol. The summed E-state index contributed by atoms with van der Waals surface area (Å²) in [6, 6.07) is 0. The number of allylic oxidation sites excluding steroid dienone is 4. The standard InChI is InChI=1S/C13H22.C2H6/c1-6-8-10-12(4)13(5)11(3)9-7-2;1-2/h7,9,12H,2,5-6,8,10H2,1,3-4H3;1-2H3/b11-9-;. The van der Waals surface area contributed by atoms with Gasteiger partial charge in [-0.2, -0.15) is 0 Å². The van der Waals surface area contributed by atoms with Crippen LogP contribution in [0.3, 0.4) is 0 Å². The largest absolute Gasteiger partial charge is 0.0991 e. The predicted molar refractivity (Wildman–Crippen MR) is 73.1 cm³/mol. The van der Waals surface area contributed by atoms with E-state index in [1.165, 1.54) is 30.4 Å². The summed E-state index contributed by atoms with van der Waals surface area (Å²) < 4.78 is 0. The van der Waals surface area contributed by atoms with Crippen molar-refractivity contribution in [1.82, 2.24) is 0 Å². The second-order valence-corrected chi connectivity index (χ2v) is 3.65. The summed E-state index contributed by atoms with van der Waals surface area (Å²) in [6.45, 7) is 18.4. The van der Waals surface area contributed by atoms with Gasteiger partial charge in [-0.1, -0.05) is 65.8 Å². The Morgan fingerprint density at radius 2 is 1.87 bits per heavy atom. The van der Waals surface area contributed by atoms with Gasteiger partial charge >= 0.3 is 0 Å². The molecule has 1 atom stereocenters. The zero-order valence-corrected chi connectivity index (χ0v) is 11.3. The Balaban J connectivity index is 0. The van der Waals surface area contributed by atoms with Crippen molar-refractivity contribution in [3.05, 3.63) is 36.5 Å². The number of rotatable bonds is 6. The Bertz CT molecular complexity index is 196. The van der Waals surface area contributed by atoms with Crippen LogP contribution in [-0.2, 0) is 0 Å². The van der Waals surface area contributed by atoms with Crippen LogP contribution in [0.1, 0.15) is 53.9 Å². The van der Waals surface area contributed by atoms with Crippen molar-refractivity contribution in [2.24, 2.45) is 5.92 Å². The Kier molecular flexibility index (Phi) is 12.5. The molecule has 0 heteroatoms. The molecule has 0 radical (unpaired) electrons. The highest BCUT2D eigenvalue weighted by atomic mass is 14.1. The fraction of sp³-hybridized carbons (Fsp3) is 0.600. The quantitative estimate of drug-likeness (QED) is 0.504. The van der Waals surface area contributed by atoms with Gasteiger partial charge in [-0.3, -0.25) is 0 Å². The minimum atomic E-state index is 0.608. The first-order valence-electron chi connectivity index (χ1n) is 6.12. The Hall–Kier alpha value is -0.780. The summed E-state index contributed by atoms with van der Waals surface area (Å²) in [5, 5.41) is 0. The van der Waals surface area contributed by atoms with Crippen LogP contribution in [0.4, 0.5) is 0 Å². The average molecular weight is 208 g/mol. The van der Waals surface area contributed by atoms with Crippen LogP contribution in [0.25, 0.3) is 0 Å². The van der Waals surface area contributed by atoms with E-state index in [2.05, 4.69) is 33.9 Å². The van der Waals surface area contributed by atoms with Gasteiger partial charge in [-0.25, -0.2) is 0 Å². The Morgan fingerprint density at radius 1 is 1.33 bits per heavy atom. The van der Waals surface area contributed by atoms with E-state index >= 15 is 0 Å². The van der Waals surface area contributed by atoms with Gasteiger partial charge in [0.25, 0.3) is 0 Å². The lowest BCUT2D eigenvalue weighted by Gasteiger charge is -2.14. The van der Waals surface area contributed by atoms with Crippen molar-refractivity contribution in [3.63, 3.8) is 0 Å². The maximum atomic E-state index is 4.11. The minimum Gasteiger partial charge on any atom is -0.0991 e. The molecule has 88 valence electrons. The molecule has 0 aromatic carbocycles. The zero-order valence-electron chi connectivity index (χ0n) is 11.3. The van der Waals surface area contributed by atoms with Gasteiger partial charge in [0.05, 0.1) is 0 Å². The molecule has 0 aliphatic carbocycles. The number of unbranched alkanes of at least 4 members (excludes halogenated alkanes) is 1. The zero-order chi connectivity index (χ0) is 12.3. The molecule has 1 unspecified atom stereocenters. The lowest BCUT2D eigenvalue weighted by Crippen LogP contribution is -1.99. The molecule has 0 aromatic rings. The summed E-state index contributed by atoms with van der Waals surface area (Å²) in [6.07, 6.45) is 7.67. The van der Waals surface area contributed by atoms with Gasteiger partial charge in [0.1, 0.15) is 0 Å². The van der Waals surface area contributed by atoms with Crippen molar-refractivity contribution >= 4 is 0 Å². The van der Waals surface area contributed by atoms with Crippen molar-refractivity contribution in [3.8, 4) is 0 Å². The molecule has 0 aliphatic heterocycles. The lowest BCUT2D eigenvalue weighted by atomic mass is 9.91. The highest BCUT2D eigenvalue weighted by Gasteiger charge is 2.06. The van der Waals surface area contributed by atoms with Crippen molar-refractivity contribution in [2.75, 3.05) is 0 Å². The monoisotopic (exact) mass is 208 g/mol. The highest BCUT2D eigenvalue weighted by Crippen LogP contribution is 2.22. The molecule has 0 rings (SSSR count). The summed E-state index contributed by atoms with van der Waals surface area (Å²) in [5.74, 6) is 0.608. The first-order chi connectivity index (χ1) is 7.13. The molecule has 0 heterocycles. The van der Waals surface area contributed by atoms with Crippen LogP contribution >= 0.6 is 0 Å². The molecule has 0 N–H and O–H groups in total. The molecule has 0 amide bonds. The third kappa shape index (κ3) is 8.23. The predicted octanol–water partition coefficient (Wildman–Crippen LogP) is 5.53. The Labute approximate surface area is 96.8 Å². The van der Waals surface area contributed by atoms with Crippen molar-refractivity contribution in [1.29, 1.82) is 0 Å². The number of hydrogen-bond donors (Lipinski definition) is 0. The van der Waals surface area contributed by atoms with Crippen LogP contribution in [0.5, 0.6) is 0 Å². The first-order valence-corrected chi connectivity index (χ1v) is 6.12.